The smallest absolute Gasteiger partial charge is 0.321 e. The van der Waals surface area contributed by atoms with Gasteiger partial charge in [-0.3, -0.25) is 10.1 Å². The summed E-state index contributed by atoms with van der Waals surface area (Å²) in [7, 11) is 0. The monoisotopic (exact) mass is 399 g/mol. The number of carbonyl (C=O) groups excluding carboxylic acids is 2. The normalized spacial score (nSPS) is 11.2. The van der Waals surface area contributed by atoms with Gasteiger partial charge >= 0.3 is 6.03 Å². The molecule has 0 aliphatic heterocycles. The van der Waals surface area contributed by atoms with E-state index in [1.54, 1.807) is 11.3 Å². The Morgan fingerprint density at radius 1 is 1.28 bits per heavy atom. The molecule has 0 saturated heterocycles. The fraction of sp³-hybridized carbons (Fsp3) is 0.467. The third-order valence-corrected chi connectivity index (χ3v) is 5.65. The lowest BCUT2D eigenvalue weighted by atomic mass is 10.1. The second-order valence-electron chi connectivity index (χ2n) is 6.17. The summed E-state index contributed by atoms with van der Waals surface area (Å²) in [6.07, 6.45) is 0.936. The highest BCUT2D eigenvalue weighted by atomic mass is 32.2. The summed E-state index contributed by atoms with van der Waals surface area (Å²) in [6.45, 7) is 6.33. The van der Waals surface area contributed by atoms with E-state index in [0.29, 0.717) is 4.34 Å². The zero-order valence-electron chi connectivity index (χ0n) is 14.3. The average molecular weight is 400 g/mol. The molecule has 25 heavy (non-hydrogen) atoms. The number of urea groups is 1. The first-order valence-corrected chi connectivity index (χ1v) is 10.3. The van der Waals surface area contributed by atoms with Gasteiger partial charge in [-0.25, -0.2) is 4.79 Å². The Hall–Kier alpha value is -1.65. The maximum atomic E-state index is 11.8. The fourth-order valence-electron chi connectivity index (χ4n) is 1.75. The minimum atomic E-state index is -0.494. The van der Waals surface area contributed by atoms with Crippen molar-refractivity contribution in [1.29, 1.82) is 0 Å². The van der Waals surface area contributed by atoms with Crippen LogP contribution in [0.4, 0.5) is 9.93 Å². The van der Waals surface area contributed by atoms with Gasteiger partial charge in [0.25, 0.3) is 0 Å². The highest BCUT2D eigenvalue weighted by molar-refractivity contribution is 8.01. The van der Waals surface area contributed by atoms with Crippen LogP contribution in [0.1, 0.15) is 25.6 Å². The molecular formula is C15H21N5O2S3. The topological polar surface area (TPSA) is 96.0 Å². The minimum Gasteiger partial charge on any atom is -0.360 e. The van der Waals surface area contributed by atoms with Crippen LogP contribution in [-0.2, 0) is 11.2 Å². The molecule has 0 radical (unpaired) electrons. The predicted octanol–water partition coefficient (Wildman–Crippen LogP) is 2.97. The summed E-state index contributed by atoms with van der Waals surface area (Å²) in [6, 6.07) is 3.64. The van der Waals surface area contributed by atoms with E-state index in [1.165, 1.54) is 28.0 Å². The molecule has 0 bridgehead atoms. The van der Waals surface area contributed by atoms with Gasteiger partial charge in [0.15, 0.2) is 4.34 Å². The van der Waals surface area contributed by atoms with Gasteiger partial charge in [-0.1, -0.05) is 29.2 Å². The Kier molecular flexibility index (Phi) is 7.21. The number of imide groups is 1. The van der Waals surface area contributed by atoms with Crippen molar-refractivity contribution >= 4 is 51.5 Å². The number of thioether (sulfide) groups is 1. The number of rotatable bonds is 7. The van der Waals surface area contributed by atoms with Crippen LogP contribution in [0.25, 0.3) is 0 Å². The van der Waals surface area contributed by atoms with Crippen LogP contribution in [0.5, 0.6) is 0 Å². The molecule has 0 atom stereocenters. The fourth-order valence-corrected chi connectivity index (χ4v) is 4.04. The first-order chi connectivity index (χ1) is 11.8. The van der Waals surface area contributed by atoms with Crippen LogP contribution >= 0.6 is 34.4 Å². The van der Waals surface area contributed by atoms with Crippen molar-refractivity contribution < 1.29 is 9.59 Å². The molecule has 2 aromatic heterocycles. The van der Waals surface area contributed by atoms with Gasteiger partial charge in [0.05, 0.1) is 5.75 Å². The third kappa shape index (κ3) is 7.84. The number of nitrogens with zero attached hydrogens (tertiary/aromatic N) is 2. The van der Waals surface area contributed by atoms with Gasteiger partial charge in [-0.05, 0) is 38.6 Å². The van der Waals surface area contributed by atoms with Gasteiger partial charge in [-0.2, -0.15) is 0 Å². The highest BCUT2D eigenvalue weighted by Crippen LogP contribution is 2.25. The Bertz CT molecular complexity index is 694. The highest BCUT2D eigenvalue weighted by Gasteiger charge is 2.16. The summed E-state index contributed by atoms with van der Waals surface area (Å²) in [4.78, 5) is 24.7. The molecular weight excluding hydrogens is 378 g/mol. The second-order valence-corrected chi connectivity index (χ2v) is 9.40. The molecule has 0 unspecified atom stereocenters. The van der Waals surface area contributed by atoms with Crippen molar-refractivity contribution in [2.45, 2.75) is 37.1 Å². The number of hydrogen-bond donors (Lipinski definition) is 3. The van der Waals surface area contributed by atoms with E-state index in [4.69, 9.17) is 0 Å². The number of anilines is 1. The second kappa shape index (κ2) is 9.16. The van der Waals surface area contributed by atoms with Gasteiger partial charge in [0, 0.05) is 17.0 Å². The zero-order valence-corrected chi connectivity index (χ0v) is 16.7. The molecule has 0 aliphatic carbocycles. The van der Waals surface area contributed by atoms with Gasteiger partial charge < -0.3 is 10.6 Å². The number of hydrogen-bond acceptors (Lipinski definition) is 8. The van der Waals surface area contributed by atoms with Crippen LogP contribution < -0.4 is 16.0 Å². The molecule has 0 aromatic carbocycles. The van der Waals surface area contributed by atoms with E-state index in [9.17, 15) is 9.59 Å². The number of amides is 3. The summed E-state index contributed by atoms with van der Waals surface area (Å²) >= 11 is 4.38. The van der Waals surface area contributed by atoms with E-state index < -0.39 is 6.03 Å². The maximum Gasteiger partial charge on any atom is 0.321 e. The molecule has 0 aliphatic rings. The molecule has 0 saturated carbocycles. The van der Waals surface area contributed by atoms with Crippen molar-refractivity contribution in [3.63, 3.8) is 0 Å². The molecule has 10 heteroatoms. The molecule has 136 valence electrons. The van der Waals surface area contributed by atoms with Crippen LogP contribution in [0.3, 0.4) is 0 Å². The lowest BCUT2D eigenvalue weighted by Crippen LogP contribution is -2.48. The molecule has 0 spiro atoms. The molecule has 2 rings (SSSR count). The quantitative estimate of drug-likeness (QED) is 0.620. The van der Waals surface area contributed by atoms with E-state index in [-0.39, 0.29) is 17.2 Å². The molecule has 0 fully saturated rings. The summed E-state index contributed by atoms with van der Waals surface area (Å²) in [5.41, 5.74) is -0.388. The van der Waals surface area contributed by atoms with Crippen LogP contribution in [0.15, 0.2) is 21.9 Å². The van der Waals surface area contributed by atoms with E-state index in [2.05, 4.69) is 37.6 Å². The molecule has 7 nitrogen and oxygen atoms in total. The Balaban J connectivity index is 1.68. The largest absolute Gasteiger partial charge is 0.360 e. The summed E-state index contributed by atoms with van der Waals surface area (Å²) < 4.78 is 0.685. The van der Waals surface area contributed by atoms with Crippen molar-refractivity contribution in [3.05, 3.63) is 22.4 Å². The Labute approximate surface area is 159 Å². The minimum absolute atomic E-state index is 0.112. The number of carbonyl (C=O) groups is 2. The molecule has 3 amide bonds. The summed E-state index contributed by atoms with van der Waals surface area (Å²) in [5.74, 6) is -0.254. The zero-order chi connectivity index (χ0) is 18.3. The predicted molar refractivity (Wildman–Crippen MR) is 104 cm³/mol. The average Bonchev–Trinajstić information content (AvgIpc) is 3.14. The van der Waals surface area contributed by atoms with Crippen molar-refractivity contribution in [2.75, 3.05) is 17.6 Å². The first kappa shape index (κ1) is 19.7. The van der Waals surface area contributed by atoms with E-state index >= 15 is 0 Å². The molecule has 2 heterocycles. The Morgan fingerprint density at radius 2 is 2.08 bits per heavy atom. The third-order valence-electron chi connectivity index (χ3n) is 2.70. The van der Waals surface area contributed by atoms with Gasteiger partial charge in [0.2, 0.25) is 11.0 Å². The standard InChI is InChI=1S/C15H21N5O2S3/c1-15(2,3)18-12(22)17-11(21)9-24-14-20-19-13(25-14)16-7-6-10-5-4-8-23-10/h4-5,8H,6-7,9H2,1-3H3,(H,16,19)(H2,17,18,21,22). The van der Waals surface area contributed by atoms with E-state index in [0.717, 1.165) is 18.1 Å². The van der Waals surface area contributed by atoms with Gasteiger partial charge in [0.1, 0.15) is 0 Å². The number of aromatic nitrogens is 2. The lowest BCUT2D eigenvalue weighted by Gasteiger charge is -2.20. The van der Waals surface area contributed by atoms with Gasteiger partial charge in [-0.15, -0.1) is 21.5 Å². The number of nitrogens with one attached hydrogen (secondary N) is 3. The Morgan fingerprint density at radius 3 is 2.76 bits per heavy atom. The van der Waals surface area contributed by atoms with E-state index in [1.807, 2.05) is 26.8 Å². The maximum absolute atomic E-state index is 11.8. The molecule has 2 aromatic rings. The summed E-state index contributed by atoms with van der Waals surface area (Å²) in [5, 5.41) is 19.1. The van der Waals surface area contributed by atoms with Crippen molar-refractivity contribution in [3.8, 4) is 0 Å². The number of thiophene rings is 1. The van der Waals surface area contributed by atoms with Crippen molar-refractivity contribution in [1.82, 2.24) is 20.8 Å². The molecule has 3 N–H and O–H groups in total. The van der Waals surface area contributed by atoms with Crippen LogP contribution in [0, 0.1) is 0 Å². The SMILES string of the molecule is CC(C)(C)NC(=O)NC(=O)CSc1nnc(NCCc2cccs2)s1. The lowest BCUT2D eigenvalue weighted by molar-refractivity contribution is -0.117. The van der Waals surface area contributed by atoms with Crippen LogP contribution in [-0.4, -0.2) is 40.0 Å². The first-order valence-electron chi connectivity index (χ1n) is 7.66. The van der Waals surface area contributed by atoms with Crippen LogP contribution in [0.2, 0.25) is 0 Å². The van der Waals surface area contributed by atoms with Crippen molar-refractivity contribution in [2.24, 2.45) is 0 Å².